The second kappa shape index (κ2) is 6.89. The van der Waals surface area contributed by atoms with Crippen LogP contribution in [0.15, 0.2) is 24.3 Å². The molecule has 0 atom stereocenters. The van der Waals surface area contributed by atoms with Crippen LogP contribution in [0, 0.1) is 5.82 Å². The molecule has 0 aliphatic rings. The van der Waals surface area contributed by atoms with E-state index in [1.807, 2.05) is 11.9 Å². The molecular formula is C13H18FNO2. The van der Waals surface area contributed by atoms with Crippen LogP contribution in [0.2, 0.25) is 0 Å². The zero-order chi connectivity index (χ0) is 12.7. The van der Waals surface area contributed by atoms with Gasteiger partial charge in [0.15, 0.2) is 0 Å². The Morgan fingerprint density at radius 1 is 1.24 bits per heavy atom. The molecule has 0 spiro atoms. The van der Waals surface area contributed by atoms with Gasteiger partial charge in [-0.05, 0) is 37.1 Å². The Bertz CT molecular complexity index is 351. The number of anilines is 1. The molecule has 0 saturated carbocycles. The fraction of sp³-hybridized carbons (Fsp3) is 0.462. The highest BCUT2D eigenvalue weighted by Crippen LogP contribution is 2.14. The number of carboxylic acid groups (broad SMARTS) is 1. The Morgan fingerprint density at radius 2 is 1.88 bits per heavy atom. The zero-order valence-corrected chi connectivity index (χ0v) is 10.0. The van der Waals surface area contributed by atoms with Gasteiger partial charge in [-0.25, -0.2) is 4.39 Å². The van der Waals surface area contributed by atoms with Crippen LogP contribution in [0.25, 0.3) is 0 Å². The summed E-state index contributed by atoms with van der Waals surface area (Å²) >= 11 is 0. The van der Waals surface area contributed by atoms with Crippen molar-refractivity contribution in [2.24, 2.45) is 0 Å². The predicted octanol–water partition coefficient (Wildman–Crippen LogP) is 2.91. The maximum atomic E-state index is 12.7. The SMILES string of the molecule is CN(CCCCCC(=O)O)c1ccc(F)cc1. The lowest BCUT2D eigenvalue weighted by atomic mass is 10.2. The Balaban J connectivity index is 2.23. The number of carbonyl (C=O) groups is 1. The topological polar surface area (TPSA) is 40.5 Å². The zero-order valence-electron chi connectivity index (χ0n) is 10.0. The smallest absolute Gasteiger partial charge is 0.303 e. The third-order valence-corrected chi connectivity index (χ3v) is 2.65. The number of hydrogen-bond acceptors (Lipinski definition) is 2. The summed E-state index contributed by atoms with van der Waals surface area (Å²) in [5.41, 5.74) is 0.977. The van der Waals surface area contributed by atoms with Gasteiger partial charge >= 0.3 is 5.97 Å². The van der Waals surface area contributed by atoms with E-state index in [1.54, 1.807) is 12.1 Å². The van der Waals surface area contributed by atoms with Crippen molar-refractivity contribution in [1.29, 1.82) is 0 Å². The Labute approximate surface area is 101 Å². The molecule has 0 bridgehead atoms. The number of hydrogen-bond donors (Lipinski definition) is 1. The number of halogens is 1. The number of unbranched alkanes of at least 4 members (excludes halogenated alkanes) is 2. The first-order chi connectivity index (χ1) is 8.09. The first-order valence-electron chi connectivity index (χ1n) is 5.78. The van der Waals surface area contributed by atoms with Crippen molar-refractivity contribution in [2.75, 3.05) is 18.5 Å². The van der Waals surface area contributed by atoms with Crippen molar-refractivity contribution in [1.82, 2.24) is 0 Å². The number of nitrogens with zero attached hydrogens (tertiary/aromatic N) is 1. The van der Waals surface area contributed by atoms with E-state index in [-0.39, 0.29) is 12.2 Å². The van der Waals surface area contributed by atoms with Crippen LogP contribution in [-0.4, -0.2) is 24.7 Å². The van der Waals surface area contributed by atoms with Gasteiger partial charge in [-0.15, -0.1) is 0 Å². The molecule has 0 unspecified atom stereocenters. The van der Waals surface area contributed by atoms with Crippen LogP contribution in [0.5, 0.6) is 0 Å². The summed E-state index contributed by atoms with van der Waals surface area (Å²) in [4.78, 5) is 12.3. The molecule has 0 aromatic heterocycles. The van der Waals surface area contributed by atoms with Crippen LogP contribution in [0.4, 0.5) is 10.1 Å². The van der Waals surface area contributed by atoms with Crippen LogP contribution in [0.1, 0.15) is 25.7 Å². The number of rotatable bonds is 7. The minimum Gasteiger partial charge on any atom is -0.481 e. The molecule has 0 heterocycles. The van der Waals surface area contributed by atoms with Gasteiger partial charge in [0.25, 0.3) is 0 Å². The van der Waals surface area contributed by atoms with Gasteiger partial charge in [-0.2, -0.15) is 0 Å². The average molecular weight is 239 g/mol. The monoisotopic (exact) mass is 239 g/mol. The predicted molar refractivity (Wildman–Crippen MR) is 65.8 cm³/mol. The quantitative estimate of drug-likeness (QED) is 0.744. The van der Waals surface area contributed by atoms with Crippen molar-refractivity contribution in [3.63, 3.8) is 0 Å². The molecular weight excluding hydrogens is 221 g/mol. The van der Waals surface area contributed by atoms with Crippen molar-refractivity contribution >= 4 is 11.7 Å². The fourth-order valence-corrected chi connectivity index (χ4v) is 1.63. The minimum atomic E-state index is -0.739. The molecule has 94 valence electrons. The summed E-state index contributed by atoms with van der Waals surface area (Å²) < 4.78 is 12.7. The highest BCUT2D eigenvalue weighted by atomic mass is 19.1. The summed E-state index contributed by atoms with van der Waals surface area (Å²) in [6.07, 6.45) is 2.80. The van der Waals surface area contributed by atoms with Crippen LogP contribution < -0.4 is 4.90 Å². The maximum absolute atomic E-state index is 12.7. The van der Waals surface area contributed by atoms with E-state index in [0.29, 0.717) is 6.42 Å². The van der Waals surface area contributed by atoms with Crippen LogP contribution >= 0.6 is 0 Å². The third-order valence-electron chi connectivity index (χ3n) is 2.65. The molecule has 0 fully saturated rings. The molecule has 17 heavy (non-hydrogen) atoms. The van der Waals surface area contributed by atoms with Gasteiger partial charge in [0.05, 0.1) is 0 Å². The van der Waals surface area contributed by atoms with E-state index < -0.39 is 5.97 Å². The van der Waals surface area contributed by atoms with Gasteiger partial charge in [0.2, 0.25) is 0 Å². The van der Waals surface area contributed by atoms with Crippen molar-refractivity contribution in [3.05, 3.63) is 30.1 Å². The van der Waals surface area contributed by atoms with Crippen molar-refractivity contribution in [3.8, 4) is 0 Å². The lowest BCUT2D eigenvalue weighted by Crippen LogP contribution is -2.18. The summed E-state index contributed by atoms with van der Waals surface area (Å²) in [5, 5.41) is 8.48. The number of aliphatic carboxylic acids is 1. The van der Waals surface area contributed by atoms with Crippen LogP contribution in [0.3, 0.4) is 0 Å². The molecule has 0 amide bonds. The number of benzene rings is 1. The Morgan fingerprint density at radius 3 is 2.47 bits per heavy atom. The van der Waals surface area contributed by atoms with Gasteiger partial charge in [-0.3, -0.25) is 4.79 Å². The molecule has 4 heteroatoms. The first-order valence-corrected chi connectivity index (χ1v) is 5.78. The fourth-order valence-electron chi connectivity index (χ4n) is 1.63. The summed E-state index contributed by atoms with van der Waals surface area (Å²) in [7, 11) is 1.95. The van der Waals surface area contributed by atoms with E-state index in [9.17, 15) is 9.18 Å². The lowest BCUT2D eigenvalue weighted by Gasteiger charge is -2.18. The van der Waals surface area contributed by atoms with Gasteiger partial charge in [0.1, 0.15) is 5.82 Å². The highest BCUT2D eigenvalue weighted by molar-refractivity contribution is 5.66. The third kappa shape index (κ3) is 5.33. The first kappa shape index (κ1) is 13.5. The maximum Gasteiger partial charge on any atom is 0.303 e. The van der Waals surface area contributed by atoms with Gasteiger partial charge < -0.3 is 10.0 Å². The van der Waals surface area contributed by atoms with Gasteiger partial charge in [-0.1, -0.05) is 6.42 Å². The van der Waals surface area contributed by atoms with Crippen molar-refractivity contribution in [2.45, 2.75) is 25.7 Å². The molecule has 0 radical (unpaired) electrons. The van der Waals surface area contributed by atoms with Crippen molar-refractivity contribution < 1.29 is 14.3 Å². The highest BCUT2D eigenvalue weighted by Gasteiger charge is 2.01. The Kier molecular flexibility index (Phi) is 5.46. The number of carboxylic acids is 1. The second-order valence-corrected chi connectivity index (χ2v) is 4.10. The van der Waals surface area contributed by atoms with E-state index in [4.69, 9.17) is 5.11 Å². The Hall–Kier alpha value is -1.58. The summed E-state index contributed by atoms with van der Waals surface area (Å²) in [5.74, 6) is -0.972. The largest absolute Gasteiger partial charge is 0.481 e. The van der Waals surface area contributed by atoms with Crippen LogP contribution in [-0.2, 0) is 4.79 Å². The molecule has 1 aromatic rings. The van der Waals surface area contributed by atoms with E-state index >= 15 is 0 Å². The molecule has 1 N–H and O–H groups in total. The molecule has 1 aromatic carbocycles. The normalized spacial score (nSPS) is 10.2. The van der Waals surface area contributed by atoms with E-state index in [2.05, 4.69) is 0 Å². The molecule has 0 aliphatic carbocycles. The summed E-state index contributed by atoms with van der Waals surface area (Å²) in [6, 6.07) is 6.37. The minimum absolute atomic E-state index is 0.233. The lowest BCUT2D eigenvalue weighted by molar-refractivity contribution is -0.137. The van der Waals surface area contributed by atoms with E-state index in [1.165, 1.54) is 12.1 Å². The summed E-state index contributed by atoms with van der Waals surface area (Å²) in [6.45, 7) is 0.852. The van der Waals surface area contributed by atoms with E-state index in [0.717, 1.165) is 25.1 Å². The standard InChI is InChI=1S/C13H18FNO2/c1-15(10-4-2-3-5-13(16)17)12-8-6-11(14)7-9-12/h6-9H,2-5,10H2,1H3,(H,16,17). The molecule has 1 rings (SSSR count). The second-order valence-electron chi connectivity index (χ2n) is 4.10. The molecule has 3 nitrogen and oxygen atoms in total. The average Bonchev–Trinajstić information content (AvgIpc) is 2.29. The molecule has 0 aliphatic heterocycles. The van der Waals surface area contributed by atoms with Gasteiger partial charge in [0, 0.05) is 25.7 Å². The molecule has 0 saturated heterocycles.